The molecule has 0 spiro atoms. The van der Waals surface area contributed by atoms with Crippen molar-refractivity contribution in [2.75, 3.05) is 39.3 Å². The average Bonchev–Trinajstić information content (AvgIpc) is 3.44. The summed E-state index contributed by atoms with van der Waals surface area (Å²) in [5.74, 6) is 0. The fraction of sp³-hybridized carbons (Fsp3) is 0.625. The highest BCUT2D eigenvalue weighted by atomic mass is 32.1. The van der Waals surface area contributed by atoms with Crippen molar-refractivity contribution < 1.29 is 0 Å². The summed E-state index contributed by atoms with van der Waals surface area (Å²) in [6.07, 6.45) is 8.29. The van der Waals surface area contributed by atoms with Gasteiger partial charge in [-0.2, -0.15) is 0 Å². The van der Waals surface area contributed by atoms with Gasteiger partial charge >= 0.3 is 0 Å². The Balaban J connectivity index is 1.38. The van der Waals surface area contributed by atoms with Crippen LogP contribution in [0.4, 0.5) is 0 Å². The van der Waals surface area contributed by atoms with Crippen molar-refractivity contribution in [1.29, 1.82) is 0 Å². The molecular formula is C24H36N4S. The van der Waals surface area contributed by atoms with Crippen LogP contribution in [0.25, 0.3) is 0 Å². The Kier molecular flexibility index (Phi) is 7.72. The first kappa shape index (κ1) is 21.0. The molecule has 0 N–H and O–H groups in total. The van der Waals surface area contributed by atoms with Crippen molar-refractivity contribution in [1.82, 2.24) is 19.7 Å². The van der Waals surface area contributed by atoms with Crippen LogP contribution in [-0.2, 0) is 19.5 Å². The lowest BCUT2D eigenvalue weighted by atomic mass is 10.0. The highest BCUT2D eigenvalue weighted by molar-refractivity contribution is 7.10. The lowest BCUT2D eigenvalue weighted by molar-refractivity contribution is 0.107. The van der Waals surface area contributed by atoms with E-state index in [4.69, 9.17) is 0 Å². The van der Waals surface area contributed by atoms with Crippen LogP contribution >= 0.6 is 11.3 Å². The fourth-order valence-electron chi connectivity index (χ4n) is 4.79. The number of aromatic nitrogens is 1. The Morgan fingerprint density at radius 1 is 1.10 bits per heavy atom. The molecule has 0 unspecified atom stereocenters. The summed E-state index contributed by atoms with van der Waals surface area (Å²) in [6.45, 7) is 11.8. The van der Waals surface area contributed by atoms with Crippen LogP contribution in [0.15, 0.2) is 35.8 Å². The van der Waals surface area contributed by atoms with E-state index in [1.807, 2.05) is 23.6 Å². The van der Waals surface area contributed by atoms with Crippen molar-refractivity contribution in [3.63, 3.8) is 0 Å². The van der Waals surface area contributed by atoms with Gasteiger partial charge in [0.1, 0.15) is 0 Å². The molecule has 0 amide bonds. The molecule has 0 radical (unpaired) electrons. The second-order valence-electron chi connectivity index (χ2n) is 8.61. The van der Waals surface area contributed by atoms with Crippen LogP contribution in [0.2, 0.25) is 0 Å². The van der Waals surface area contributed by atoms with Crippen LogP contribution in [0.3, 0.4) is 0 Å². The maximum atomic E-state index is 4.55. The third-order valence-corrected chi connectivity index (χ3v) is 7.54. The number of thiophene rings is 1. The first-order valence-electron chi connectivity index (χ1n) is 11.4. The highest BCUT2D eigenvalue weighted by Crippen LogP contribution is 2.24. The number of pyridine rings is 1. The minimum Gasteiger partial charge on any atom is -0.303 e. The number of hydrogen-bond acceptors (Lipinski definition) is 5. The van der Waals surface area contributed by atoms with Crippen LogP contribution in [0.1, 0.15) is 48.7 Å². The summed E-state index contributed by atoms with van der Waals surface area (Å²) >= 11 is 1.96. The van der Waals surface area contributed by atoms with Crippen LogP contribution in [-0.4, -0.2) is 65.0 Å². The molecule has 2 fully saturated rings. The van der Waals surface area contributed by atoms with E-state index in [0.29, 0.717) is 6.04 Å². The zero-order valence-electron chi connectivity index (χ0n) is 17.9. The smallest absolute Gasteiger partial charge is 0.0416 e. The molecule has 0 bridgehead atoms. The first-order chi connectivity index (χ1) is 14.3. The second-order valence-corrected chi connectivity index (χ2v) is 9.61. The van der Waals surface area contributed by atoms with Gasteiger partial charge < -0.3 is 4.90 Å². The number of nitrogens with zero attached hydrogens (tertiary/aromatic N) is 4. The monoisotopic (exact) mass is 412 g/mol. The summed E-state index contributed by atoms with van der Waals surface area (Å²) in [6, 6.07) is 9.45. The van der Waals surface area contributed by atoms with Crippen molar-refractivity contribution in [2.45, 2.75) is 58.2 Å². The predicted octanol–water partition coefficient (Wildman–Crippen LogP) is 4.27. The van der Waals surface area contributed by atoms with Gasteiger partial charge in [0.05, 0.1) is 0 Å². The molecule has 2 aromatic rings. The van der Waals surface area contributed by atoms with Gasteiger partial charge in [-0.1, -0.05) is 13.0 Å². The van der Waals surface area contributed by atoms with Gasteiger partial charge in [-0.15, -0.1) is 11.3 Å². The standard InChI is InChI=1S/C24H36N4S/c1-2-26-14-9-23(10-15-26)28(16-8-22-7-3-4-11-25-22)19-24-17-21(20-29-24)18-27-12-5-6-13-27/h3-4,7,11,17,20,23H,2,5-6,8-10,12-16,18-19H2,1H3. The normalized spacial score (nSPS) is 19.4. The summed E-state index contributed by atoms with van der Waals surface area (Å²) in [5, 5.41) is 2.39. The van der Waals surface area contributed by atoms with E-state index in [0.717, 1.165) is 26.1 Å². The Bertz CT molecular complexity index is 717. The Labute approximate surface area is 180 Å². The zero-order chi connectivity index (χ0) is 19.9. The molecule has 2 aliphatic rings. The summed E-state index contributed by atoms with van der Waals surface area (Å²) < 4.78 is 0. The molecule has 4 heterocycles. The molecule has 2 aliphatic heterocycles. The average molecular weight is 413 g/mol. The molecule has 0 atom stereocenters. The Morgan fingerprint density at radius 3 is 2.66 bits per heavy atom. The van der Waals surface area contributed by atoms with Gasteiger partial charge in [0, 0.05) is 48.9 Å². The quantitative estimate of drug-likeness (QED) is 0.613. The van der Waals surface area contributed by atoms with Crippen LogP contribution in [0.5, 0.6) is 0 Å². The third-order valence-electron chi connectivity index (χ3n) is 6.57. The molecule has 5 heteroatoms. The topological polar surface area (TPSA) is 22.6 Å². The molecule has 2 saturated heterocycles. The van der Waals surface area contributed by atoms with Crippen molar-refractivity contribution in [2.24, 2.45) is 0 Å². The molecule has 4 nitrogen and oxygen atoms in total. The Morgan fingerprint density at radius 2 is 1.93 bits per heavy atom. The number of rotatable bonds is 9. The van der Waals surface area contributed by atoms with Gasteiger partial charge in [0.25, 0.3) is 0 Å². The predicted molar refractivity (Wildman–Crippen MR) is 122 cm³/mol. The van der Waals surface area contributed by atoms with Crippen molar-refractivity contribution in [3.05, 3.63) is 52.0 Å². The minimum absolute atomic E-state index is 0.700. The largest absolute Gasteiger partial charge is 0.303 e. The second kappa shape index (κ2) is 10.7. The molecule has 2 aromatic heterocycles. The van der Waals surface area contributed by atoms with Gasteiger partial charge in [0.15, 0.2) is 0 Å². The minimum atomic E-state index is 0.700. The van der Waals surface area contributed by atoms with E-state index < -0.39 is 0 Å². The molecule has 4 rings (SSSR count). The summed E-state index contributed by atoms with van der Waals surface area (Å²) in [4.78, 5) is 14.0. The zero-order valence-corrected chi connectivity index (χ0v) is 18.7. The van der Waals surface area contributed by atoms with Crippen LogP contribution < -0.4 is 0 Å². The van der Waals surface area contributed by atoms with E-state index in [2.05, 4.69) is 50.2 Å². The van der Waals surface area contributed by atoms with Gasteiger partial charge in [-0.05, 0) is 87.5 Å². The third kappa shape index (κ3) is 6.11. The molecular weight excluding hydrogens is 376 g/mol. The molecule has 158 valence electrons. The van der Waals surface area contributed by atoms with Crippen molar-refractivity contribution in [3.8, 4) is 0 Å². The molecule has 0 aliphatic carbocycles. The first-order valence-corrected chi connectivity index (χ1v) is 12.3. The van der Waals surface area contributed by atoms with E-state index in [1.54, 1.807) is 0 Å². The lowest BCUT2D eigenvalue weighted by Gasteiger charge is -2.38. The maximum Gasteiger partial charge on any atom is 0.0416 e. The van der Waals surface area contributed by atoms with E-state index in [1.165, 1.54) is 74.5 Å². The number of likely N-dealkylation sites (tertiary alicyclic amines) is 2. The van der Waals surface area contributed by atoms with E-state index in [-0.39, 0.29) is 0 Å². The maximum absolute atomic E-state index is 4.55. The Hall–Kier alpha value is -1.27. The van der Waals surface area contributed by atoms with Gasteiger partial charge in [-0.25, -0.2) is 0 Å². The molecule has 0 saturated carbocycles. The van der Waals surface area contributed by atoms with Gasteiger partial charge in [0.2, 0.25) is 0 Å². The lowest BCUT2D eigenvalue weighted by Crippen LogP contribution is -2.45. The van der Waals surface area contributed by atoms with Crippen LogP contribution in [0, 0.1) is 0 Å². The number of hydrogen-bond donors (Lipinski definition) is 0. The number of piperidine rings is 1. The summed E-state index contributed by atoms with van der Waals surface area (Å²) in [5.41, 5.74) is 2.72. The fourth-order valence-corrected chi connectivity index (χ4v) is 5.69. The molecule has 0 aromatic carbocycles. The highest BCUT2D eigenvalue weighted by Gasteiger charge is 2.24. The SMILES string of the molecule is CCN1CCC(N(CCc2ccccn2)Cc2cc(CN3CCCC3)cs2)CC1. The molecule has 29 heavy (non-hydrogen) atoms. The van der Waals surface area contributed by atoms with Crippen molar-refractivity contribution >= 4 is 11.3 Å². The van der Waals surface area contributed by atoms with Gasteiger partial charge in [-0.3, -0.25) is 14.8 Å². The summed E-state index contributed by atoms with van der Waals surface area (Å²) in [7, 11) is 0. The van der Waals surface area contributed by atoms with E-state index >= 15 is 0 Å². The van der Waals surface area contributed by atoms with E-state index in [9.17, 15) is 0 Å².